The molecule has 4 heteroatoms. The van der Waals surface area contributed by atoms with Crippen molar-refractivity contribution >= 4 is 6.34 Å². The minimum absolute atomic E-state index is 0.214. The molecule has 0 aliphatic carbocycles. The maximum absolute atomic E-state index is 6.84. The van der Waals surface area contributed by atoms with E-state index in [-0.39, 0.29) is 6.04 Å². The minimum atomic E-state index is 0.214. The van der Waals surface area contributed by atoms with E-state index < -0.39 is 0 Å². The summed E-state index contributed by atoms with van der Waals surface area (Å²) in [5.41, 5.74) is 0. The van der Waals surface area contributed by atoms with Gasteiger partial charge in [0.25, 0.3) is 0 Å². The Labute approximate surface area is 55.1 Å². The topological polar surface area (TPSA) is 51.8 Å². The third-order valence-corrected chi connectivity index (χ3v) is 0.854. The van der Waals surface area contributed by atoms with Crippen molar-refractivity contribution in [3.63, 3.8) is 0 Å². The SMILES string of the molecule is CN=NN(C=N)C(C)C. The average Bonchev–Trinajstić information content (AvgIpc) is 1.82. The summed E-state index contributed by atoms with van der Waals surface area (Å²) in [6.07, 6.45) is 1.15. The molecule has 0 aromatic carbocycles. The first kappa shape index (κ1) is 8.07. The smallest absolute Gasteiger partial charge is 0.105 e. The monoisotopic (exact) mass is 128 g/mol. The fraction of sp³-hybridized carbons (Fsp3) is 0.800. The molecule has 0 aromatic heterocycles. The molecular formula is C5H12N4. The lowest BCUT2D eigenvalue weighted by molar-refractivity contribution is 0.353. The molecule has 0 aliphatic heterocycles. The summed E-state index contributed by atoms with van der Waals surface area (Å²) in [4.78, 5) is 0. The van der Waals surface area contributed by atoms with Crippen LogP contribution in [0.1, 0.15) is 13.8 Å². The Hall–Kier alpha value is -0.930. The zero-order valence-electron chi connectivity index (χ0n) is 6.00. The molecule has 0 aromatic rings. The van der Waals surface area contributed by atoms with Crippen LogP contribution in [0.5, 0.6) is 0 Å². The Morgan fingerprint density at radius 1 is 1.56 bits per heavy atom. The Bertz CT molecular complexity index is 108. The van der Waals surface area contributed by atoms with E-state index in [0.717, 1.165) is 6.34 Å². The van der Waals surface area contributed by atoms with Gasteiger partial charge in [-0.3, -0.25) is 5.41 Å². The van der Waals surface area contributed by atoms with Gasteiger partial charge in [-0.05, 0) is 13.8 Å². The van der Waals surface area contributed by atoms with E-state index in [2.05, 4.69) is 10.3 Å². The number of rotatable bonds is 3. The summed E-state index contributed by atoms with van der Waals surface area (Å²) in [5.74, 6) is 0. The second-order valence-corrected chi connectivity index (χ2v) is 1.89. The van der Waals surface area contributed by atoms with Gasteiger partial charge < -0.3 is 0 Å². The second kappa shape index (κ2) is 4.00. The highest BCUT2D eigenvalue weighted by Gasteiger charge is 1.99. The average molecular weight is 128 g/mol. The van der Waals surface area contributed by atoms with Gasteiger partial charge in [-0.1, -0.05) is 5.22 Å². The van der Waals surface area contributed by atoms with Crippen LogP contribution >= 0.6 is 0 Å². The van der Waals surface area contributed by atoms with Gasteiger partial charge in [0.05, 0.1) is 7.05 Å². The van der Waals surface area contributed by atoms with Crippen molar-refractivity contribution < 1.29 is 0 Å². The molecule has 0 heterocycles. The fourth-order valence-corrected chi connectivity index (χ4v) is 0.381. The van der Waals surface area contributed by atoms with Gasteiger partial charge in [0, 0.05) is 6.04 Å². The van der Waals surface area contributed by atoms with E-state index in [4.69, 9.17) is 5.41 Å². The highest BCUT2D eigenvalue weighted by Crippen LogP contribution is 1.93. The predicted octanol–water partition coefficient (Wildman–Crippen LogP) is 1.30. The first-order valence-electron chi connectivity index (χ1n) is 2.81. The van der Waals surface area contributed by atoms with Crippen LogP contribution in [0.4, 0.5) is 0 Å². The van der Waals surface area contributed by atoms with E-state index >= 15 is 0 Å². The van der Waals surface area contributed by atoms with Crippen LogP contribution in [-0.2, 0) is 0 Å². The van der Waals surface area contributed by atoms with Crippen molar-refractivity contribution in [3.05, 3.63) is 0 Å². The second-order valence-electron chi connectivity index (χ2n) is 1.89. The van der Waals surface area contributed by atoms with E-state index in [9.17, 15) is 0 Å². The minimum Gasteiger partial charge on any atom is -0.290 e. The van der Waals surface area contributed by atoms with Crippen molar-refractivity contribution in [1.29, 1.82) is 5.41 Å². The van der Waals surface area contributed by atoms with Gasteiger partial charge in [-0.2, -0.15) is 5.11 Å². The molecule has 0 atom stereocenters. The maximum Gasteiger partial charge on any atom is 0.105 e. The fourth-order valence-electron chi connectivity index (χ4n) is 0.381. The molecule has 0 fully saturated rings. The van der Waals surface area contributed by atoms with Crippen LogP contribution in [-0.4, -0.2) is 24.4 Å². The highest BCUT2D eigenvalue weighted by atomic mass is 15.5. The molecule has 0 spiro atoms. The van der Waals surface area contributed by atoms with E-state index in [0.29, 0.717) is 0 Å². The molecule has 4 nitrogen and oxygen atoms in total. The summed E-state index contributed by atoms with van der Waals surface area (Å²) < 4.78 is 0. The highest BCUT2D eigenvalue weighted by molar-refractivity contribution is 5.50. The summed E-state index contributed by atoms with van der Waals surface area (Å²) in [7, 11) is 1.58. The van der Waals surface area contributed by atoms with Crippen LogP contribution in [0.2, 0.25) is 0 Å². The lowest BCUT2D eigenvalue weighted by Gasteiger charge is -2.13. The van der Waals surface area contributed by atoms with Gasteiger partial charge in [-0.15, -0.1) is 0 Å². The standard InChI is InChI=1S/C5H12N4/c1-5(2)9(4-6)8-7-3/h4-6H,1-3H3. The van der Waals surface area contributed by atoms with E-state index in [1.54, 1.807) is 7.05 Å². The molecule has 0 saturated carbocycles. The molecule has 0 aliphatic rings. The summed E-state index contributed by atoms with van der Waals surface area (Å²) in [6, 6.07) is 0.214. The molecular weight excluding hydrogens is 116 g/mol. The zero-order valence-corrected chi connectivity index (χ0v) is 6.00. The Morgan fingerprint density at radius 3 is 2.22 bits per heavy atom. The van der Waals surface area contributed by atoms with Gasteiger partial charge in [0.1, 0.15) is 6.34 Å². The van der Waals surface area contributed by atoms with Crippen molar-refractivity contribution in [2.75, 3.05) is 7.05 Å². The van der Waals surface area contributed by atoms with Crippen LogP contribution in [0.25, 0.3) is 0 Å². The predicted molar refractivity (Wildman–Crippen MR) is 36.5 cm³/mol. The summed E-state index contributed by atoms with van der Waals surface area (Å²) in [5, 5.41) is 15.5. The molecule has 0 radical (unpaired) electrons. The Kier molecular flexibility index (Phi) is 3.59. The molecule has 9 heavy (non-hydrogen) atoms. The van der Waals surface area contributed by atoms with Gasteiger partial charge in [0.2, 0.25) is 0 Å². The lowest BCUT2D eigenvalue weighted by atomic mass is 10.4. The van der Waals surface area contributed by atoms with Crippen molar-refractivity contribution in [2.45, 2.75) is 19.9 Å². The normalized spacial score (nSPS) is 10.7. The molecule has 52 valence electrons. The van der Waals surface area contributed by atoms with Crippen LogP contribution in [0, 0.1) is 5.41 Å². The first-order chi connectivity index (χ1) is 4.22. The van der Waals surface area contributed by atoms with E-state index in [1.165, 1.54) is 5.01 Å². The Balaban J connectivity index is 3.82. The summed E-state index contributed by atoms with van der Waals surface area (Å²) in [6.45, 7) is 3.89. The van der Waals surface area contributed by atoms with Crippen molar-refractivity contribution in [3.8, 4) is 0 Å². The molecule has 0 bridgehead atoms. The first-order valence-corrected chi connectivity index (χ1v) is 2.81. The maximum atomic E-state index is 6.84. The molecule has 0 amide bonds. The summed E-state index contributed by atoms with van der Waals surface area (Å²) >= 11 is 0. The molecule has 0 saturated heterocycles. The van der Waals surface area contributed by atoms with Crippen molar-refractivity contribution in [2.24, 2.45) is 10.3 Å². The quantitative estimate of drug-likeness (QED) is 0.265. The number of nitrogens with zero attached hydrogens (tertiary/aromatic N) is 3. The van der Waals surface area contributed by atoms with Gasteiger partial charge in [-0.25, -0.2) is 5.01 Å². The zero-order chi connectivity index (χ0) is 7.28. The lowest BCUT2D eigenvalue weighted by Crippen LogP contribution is -2.22. The van der Waals surface area contributed by atoms with Crippen LogP contribution in [0.15, 0.2) is 10.3 Å². The van der Waals surface area contributed by atoms with Crippen molar-refractivity contribution in [1.82, 2.24) is 5.01 Å². The van der Waals surface area contributed by atoms with Crippen LogP contribution < -0.4 is 0 Å². The van der Waals surface area contributed by atoms with Gasteiger partial charge >= 0.3 is 0 Å². The van der Waals surface area contributed by atoms with Gasteiger partial charge in [0.15, 0.2) is 0 Å². The molecule has 1 N–H and O–H groups in total. The largest absolute Gasteiger partial charge is 0.290 e. The number of nitrogens with one attached hydrogen (secondary N) is 1. The third-order valence-electron chi connectivity index (χ3n) is 0.854. The van der Waals surface area contributed by atoms with Crippen LogP contribution in [0.3, 0.4) is 0 Å². The molecule has 0 rings (SSSR count). The number of hydrogen-bond acceptors (Lipinski definition) is 3. The molecule has 0 unspecified atom stereocenters. The number of hydrogen-bond donors (Lipinski definition) is 1. The third kappa shape index (κ3) is 2.79. The van der Waals surface area contributed by atoms with E-state index in [1.807, 2.05) is 13.8 Å². The Morgan fingerprint density at radius 2 is 2.11 bits per heavy atom.